The van der Waals surface area contributed by atoms with Crippen LogP contribution in [0.15, 0.2) is 85.1 Å². The molecular formula is C58H99NO10. The molecule has 69 heavy (non-hydrogen) atoms. The van der Waals surface area contributed by atoms with E-state index in [0.717, 1.165) is 109 Å². The van der Waals surface area contributed by atoms with E-state index in [-0.39, 0.29) is 19.4 Å². The standard InChI is InChI=1S/C58H99NO10/c1-4-7-10-13-16-19-22-25-27-30-33-36-39-42-45-51(62)57(66)59-49(50(61)44-41-38-35-32-29-24-21-18-15-12-9-6-3)48-67-58-56(55(65)54(64)52(47-60)68-58)69-53(63)46-43-40-37-34-31-28-26-23-20-17-14-11-8-5-2/h7-8,10-11,13,16-17,19-20,22,26,28,41,44,49-52,54-56,58,60-62,64-65H,4-6,9,12,14-15,18,21,23-25,27,29-40,42-43,45-48H2,1-3H3,(H,59,66)/b10-7+,11-8+,16-13+,20-17+,22-19+,28-26+,44-41+. The van der Waals surface area contributed by atoms with Crippen molar-refractivity contribution in [3.63, 3.8) is 0 Å². The van der Waals surface area contributed by atoms with Crippen molar-refractivity contribution in [2.24, 2.45) is 0 Å². The maximum absolute atomic E-state index is 13.3. The summed E-state index contributed by atoms with van der Waals surface area (Å²) in [5.41, 5.74) is 0. The molecule has 6 N–H and O–H groups in total. The molecule has 11 heteroatoms. The lowest BCUT2D eigenvalue weighted by molar-refractivity contribution is -0.305. The number of hydrogen-bond donors (Lipinski definition) is 6. The van der Waals surface area contributed by atoms with Crippen LogP contribution < -0.4 is 5.32 Å². The van der Waals surface area contributed by atoms with E-state index in [1.54, 1.807) is 6.08 Å². The van der Waals surface area contributed by atoms with Gasteiger partial charge in [-0.3, -0.25) is 9.59 Å². The summed E-state index contributed by atoms with van der Waals surface area (Å²) in [5, 5.41) is 56.7. The van der Waals surface area contributed by atoms with E-state index in [1.165, 1.54) is 51.4 Å². The van der Waals surface area contributed by atoms with Gasteiger partial charge < -0.3 is 45.1 Å². The van der Waals surface area contributed by atoms with Crippen molar-refractivity contribution in [1.29, 1.82) is 0 Å². The molecule has 1 fully saturated rings. The Hall–Kier alpha value is -3.16. The van der Waals surface area contributed by atoms with Gasteiger partial charge in [-0.05, 0) is 77.0 Å². The Labute approximate surface area is 419 Å². The lowest BCUT2D eigenvalue weighted by atomic mass is 9.99. The highest BCUT2D eigenvalue weighted by molar-refractivity contribution is 5.80. The van der Waals surface area contributed by atoms with Crippen LogP contribution in [0.25, 0.3) is 0 Å². The first-order valence-electron chi connectivity index (χ1n) is 27.4. The SMILES string of the molecule is CC/C=C/C=C/C=C/CCCCCCCCC(O)C(=O)NC(COC1OC(CO)C(O)C(O)C1OC(=O)CCCCCC/C=C/C/C=C/C/C=C/CC)C(O)/C=C/CCCCCCCCCCCC. The van der Waals surface area contributed by atoms with Crippen molar-refractivity contribution in [3.8, 4) is 0 Å². The predicted octanol–water partition coefficient (Wildman–Crippen LogP) is 11.8. The molecule has 1 saturated heterocycles. The molecule has 0 aromatic heterocycles. The van der Waals surface area contributed by atoms with Crippen molar-refractivity contribution < 1.29 is 49.3 Å². The van der Waals surface area contributed by atoms with Crippen LogP contribution in [0.5, 0.6) is 0 Å². The summed E-state index contributed by atoms with van der Waals surface area (Å²) in [6.45, 7) is 5.49. The van der Waals surface area contributed by atoms with Crippen molar-refractivity contribution in [1.82, 2.24) is 5.32 Å². The number of aliphatic hydroxyl groups is 5. The second-order valence-electron chi connectivity index (χ2n) is 18.6. The summed E-state index contributed by atoms with van der Waals surface area (Å²) >= 11 is 0. The second kappa shape index (κ2) is 45.9. The molecule has 0 radical (unpaired) electrons. The number of ether oxygens (including phenoxy) is 3. The molecule has 0 aliphatic carbocycles. The van der Waals surface area contributed by atoms with Gasteiger partial charge in [-0.1, -0.05) is 209 Å². The molecular weight excluding hydrogens is 871 g/mol. The molecule has 1 amide bonds. The molecule has 8 unspecified atom stereocenters. The average Bonchev–Trinajstić information content (AvgIpc) is 3.34. The molecule has 8 atom stereocenters. The van der Waals surface area contributed by atoms with Crippen LogP contribution in [-0.4, -0.2) is 99.6 Å². The highest BCUT2D eigenvalue weighted by Gasteiger charge is 2.47. The van der Waals surface area contributed by atoms with Gasteiger partial charge in [-0.25, -0.2) is 0 Å². The van der Waals surface area contributed by atoms with E-state index in [0.29, 0.717) is 12.8 Å². The molecule has 0 aromatic rings. The Kier molecular flexibility index (Phi) is 42.5. The van der Waals surface area contributed by atoms with Gasteiger partial charge in [0.25, 0.3) is 0 Å². The van der Waals surface area contributed by atoms with E-state index >= 15 is 0 Å². The molecule has 396 valence electrons. The number of allylic oxidation sites excluding steroid dienone is 13. The minimum atomic E-state index is -1.63. The Balaban J connectivity index is 2.79. The number of rotatable bonds is 44. The summed E-state index contributed by atoms with van der Waals surface area (Å²) < 4.78 is 17.5. The first-order valence-corrected chi connectivity index (χ1v) is 27.4. The topological polar surface area (TPSA) is 175 Å². The third-order valence-electron chi connectivity index (χ3n) is 12.4. The first kappa shape index (κ1) is 63.9. The largest absolute Gasteiger partial charge is 0.454 e. The molecule has 0 bridgehead atoms. The van der Waals surface area contributed by atoms with Crippen LogP contribution in [-0.2, 0) is 23.8 Å². The summed E-state index contributed by atoms with van der Waals surface area (Å²) in [6.07, 6.45) is 47.7. The zero-order valence-electron chi connectivity index (χ0n) is 43.4. The molecule has 1 heterocycles. The quantitative estimate of drug-likeness (QED) is 0.0149. The molecule has 1 rings (SSSR count). The minimum absolute atomic E-state index is 0.0922. The average molecular weight is 970 g/mol. The lowest BCUT2D eigenvalue weighted by Crippen LogP contribution is -2.61. The smallest absolute Gasteiger partial charge is 0.306 e. The van der Waals surface area contributed by atoms with E-state index in [2.05, 4.69) is 86.8 Å². The van der Waals surface area contributed by atoms with Crippen molar-refractivity contribution >= 4 is 11.9 Å². The van der Waals surface area contributed by atoms with Crippen molar-refractivity contribution in [3.05, 3.63) is 85.1 Å². The third-order valence-corrected chi connectivity index (χ3v) is 12.4. The highest BCUT2D eigenvalue weighted by atomic mass is 16.7. The van der Waals surface area contributed by atoms with Gasteiger partial charge in [0, 0.05) is 6.42 Å². The van der Waals surface area contributed by atoms with Crippen LogP contribution >= 0.6 is 0 Å². The summed E-state index contributed by atoms with van der Waals surface area (Å²) in [4.78, 5) is 26.4. The van der Waals surface area contributed by atoms with Crippen molar-refractivity contribution in [2.45, 2.75) is 256 Å². The predicted molar refractivity (Wildman–Crippen MR) is 282 cm³/mol. The maximum atomic E-state index is 13.3. The van der Waals surface area contributed by atoms with Crippen LogP contribution in [0, 0.1) is 0 Å². The minimum Gasteiger partial charge on any atom is -0.454 e. The summed E-state index contributed by atoms with van der Waals surface area (Å²) in [5.74, 6) is -1.24. The van der Waals surface area contributed by atoms with Crippen molar-refractivity contribution in [2.75, 3.05) is 13.2 Å². The molecule has 0 aromatic carbocycles. The van der Waals surface area contributed by atoms with Crippen LogP contribution in [0.4, 0.5) is 0 Å². The number of nitrogens with one attached hydrogen (secondary N) is 1. The van der Waals surface area contributed by atoms with Gasteiger partial charge in [0.1, 0.15) is 24.4 Å². The molecule has 1 aliphatic heterocycles. The number of aliphatic hydroxyl groups excluding tert-OH is 5. The Morgan fingerprint density at radius 2 is 1.12 bits per heavy atom. The number of amides is 1. The van der Waals surface area contributed by atoms with Gasteiger partial charge in [-0.2, -0.15) is 0 Å². The van der Waals surface area contributed by atoms with E-state index < -0.39 is 67.4 Å². The van der Waals surface area contributed by atoms with Crippen LogP contribution in [0.3, 0.4) is 0 Å². The van der Waals surface area contributed by atoms with Gasteiger partial charge in [0.15, 0.2) is 12.4 Å². The van der Waals surface area contributed by atoms with E-state index in [9.17, 15) is 35.1 Å². The molecule has 11 nitrogen and oxygen atoms in total. The number of esters is 1. The zero-order chi connectivity index (χ0) is 50.4. The lowest BCUT2D eigenvalue weighted by Gasteiger charge is -2.41. The fourth-order valence-corrected chi connectivity index (χ4v) is 8.02. The van der Waals surface area contributed by atoms with Gasteiger partial charge in [0.2, 0.25) is 5.91 Å². The fraction of sp³-hybridized carbons (Fsp3) is 0.724. The number of hydrogen-bond acceptors (Lipinski definition) is 10. The molecule has 0 spiro atoms. The number of unbranched alkanes of at least 4 members (excludes halogenated alkanes) is 20. The maximum Gasteiger partial charge on any atom is 0.306 e. The molecule has 0 saturated carbocycles. The van der Waals surface area contributed by atoms with Crippen LogP contribution in [0.1, 0.15) is 207 Å². The first-order chi connectivity index (χ1) is 33.7. The second-order valence-corrected chi connectivity index (χ2v) is 18.6. The zero-order valence-corrected chi connectivity index (χ0v) is 43.4. The van der Waals surface area contributed by atoms with Gasteiger partial charge in [0.05, 0.1) is 25.4 Å². The van der Waals surface area contributed by atoms with E-state index in [1.807, 2.05) is 18.2 Å². The highest BCUT2D eigenvalue weighted by Crippen LogP contribution is 2.26. The van der Waals surface area contributed by atoms with Gasteiger partial charge >= 0.3 is 5.97 Å². The third kappa shape index (κ3) is 34.7. The van der Waals surface area contributed by atoms with Gasteiger partial charge in [-0.15, -0.1) is 0 Å². The van der Waals surface area contributed by atoms with E-state index in [4.69, 9.17) is 14.2 Å². The summed E-state index contributed by atoms with van der Waals surface area (Å²) in [6, 6.07) is -1.04. The normalized spacial score (nSPS) is 20.5. The Bertz CT molecular complexity index is 1440. The summed E-state index contributed by atoms with van der Waals surface area (Å²) in [7, 11) is 0. The monoisotopic (exact) mass is 970 g/mol. The Morgan fingerprint density at radius 3 is 1.72 bits per heavy atom. The fourth-order valence-electron chi connectivity index (χ4n) is 8.02. The Morgan fingerprint density at radius 1 is 0.594 bits per heavy atom. The number of carbonyl (C=O) groups is 2. The molecule has 1 aliphatic rings. The number of carbonyl (C=O) groups excluding carboxylic acids is 2. The van der Waals surface area contributed by atoms with Crippen LogP contribution in [0.2, 0.25) is 0 Å².